The van der Waals surface area contributed by atoms with Gasteiger partial charge in [-0.2, -0.15) is 0 Å². The van der Waals surface area contributed by atoms with E-state index in [0.29, 0.717) is 26.0 Å². The standard InChI is InChI=1S/C20H27N3O5/c1-20(10-9-14-5-7-15(27-2)8-6-14)18(25)23(19(26)22-20)13-17(24)21-12-16-4-3-11-28-16/h5-8,16H,3-4,9-13H2,1-2H3,(H,21,24)(H,22,26)/t16-,20-/m0/s1. The average Bonchev–Trinajstić information content (AvgIpc) is 3.28. The molecule has 0 radical (unpaired) electrons. The summed E-state index contributed by atoms with van der Waals surface area (Å²) in [7, 11) is 1.61. The lowest BCUT2D eigenvalue weighted by Crippen LogP contribution is -2.46. The minimum absolute atomic E-state index is 0.0156. The van der Waals surface area contributed by atoms with E-state index in [4.69, 9.17) is 9.47 Å². The fourth-order valence-electron chi connectivity index (χ4n) is 3.48. The number of nitrogens with zero attached hydrogens (tertiary/aromatic N) is 1. The maximum absolute atomic E-state index is 12.8. The summed E-state index contributed by atoms with van der Waals surface area (Å²) in [5, 5.41) is 5.47. The van der Waals surface area contributed by atoms with E-state index in [9.17, 15) is 14.4 Å². The number of hydrogen-bond donors (Lipinski definition) is 2. The molecule has 8 heteroatoms. The Kier molecular flexibility index (Phi) is 6.18. The number of benzene rings is 1. The van der Waals surface area contributed by atoms with Crippen LogP contribution in [0.1, 0.15) is 31.7 Å². The molecule has 1 aromatic rings. The Morgan fingerprint density at radius 2 is 2.11 bits per heavy atom. The van der Waals surface area contributed by atoms with Crippen molar-refractivity contribution in [2.24, 2.45) is 0 Å². The Morgan fingerprint density at radius 3 is 2.75 bits per heavy atom. The van der Waals surface area contributed by atoms with E-state index in [2.05, 4.69) is 10.6 Å². The van der Waals surface area contributed by atoms with Crippen LogP contribution in [0.25, 0.3) is 0 Å². The Hall–Kier alpha value is -2.61. The molecular weight excluding hydrogens is 362 g/mol. The minimum Gasteiger partial charge on any atom is -0.497 e. The Labute approximate surface area is 164 Å². The molecule has 2 N–H and O–H groups in total. The number of ether oxygens (including phenoxy) is 2. The van der Waals surface area contributed by atoms with Crippen LogP contribution in [0.15, 0.2) is 24.3 Å². The van der Waals surface area contributed by atoms with Crippen molar-refractivity contribution in [3.63, 3.8) is 0 Å². The van der Waals surface area contributed by atoms with Crippen LogP contribution in [0, 0.1) is 0 Å². The molecule has 2 aliphatic heterocycles. The van der Waals surface area contributed by atoms with Gasteiger partial charge in [-0.15, -0.1) is 0 Å². The van der Waals surface area contributed by atoms with E-state index in [0.717, 1.165) is 29.1 Å². The van der Waals surface area contributed by atoms with Gasteiger partial charge in [0.05, 0.1) is 13.2 Å². The highest BCUT2D eigenvalue weighted by molar-refractivity contribution is 6.08. The Balaban J connectivity index is 1.52. The van der Waals surface area contributed by atoms with Crippen LogP contribution in [0.5, 0.6) is 5.75 Å². The van der Waals surface area contributed by atoms with Gasteiger partial charge in [-0.05, 0) is 50.3 Å². The summed E-state index contributed by atoms with van der Waals surface area (Å²) in [4.78, 5) is 38.2. The van der Waals surface area contributed by atoms with Gasteiger partial charge in [-0.3, -0.25) is 14.5 Å². The number of methoxy groups -OCH3 is 1. The van der Waals surface area contributed by atoms with Gasteiger partial charge in [-0.1, -0.05) is 12.1 Å². The second-order valence-electron chi connectivity index (χ2n) is 7.44. The van der Waals surface area contributed by atoms with Crippen molar-refractivity contribution >= 4 is 17.8 Å². The van der Waals surface area contributed by atoms with Gasteiger partial charge >= 0.3 is 6.03 Å². The molecule has 0 spiro atoms. The van der Waals surface area contributed by atoms with Gasteiger partial charge in [0, 0.05) is 13.2 Å². The average molecular weight is 389 g/mol. The molecule has 28 heavy (non-hydrogen) atoms. The molecule has 1 aromatic carbocycles. The summed E-state index contributed by atoms with van der Waals surface area (Å²) in [5.41, 5.74) is 0.0168. The SMILES string of the molecule is COc1ccc(CC[C@]2(C)NC(=O)N(CC(=O)NC[C@@H]3CCCO3)C2=O)cc1. The molecule has 0 aromatic heterocycles. The van der Waals surface area contributed by atoms with E-state index in [1.54, 1.807) is 14.0 Å². The molecule has 0 saturated carbocycles. The number of carbonyl (C=O) groups is 3. The molecule has 0 unspecified atom stereocenters. The maximum Gasteiger partial charge on any atom is 0.325 e. The first-order valence-corrected chi connectivity index (χ1v) is 9.56. The third-order valence-electron chi connectivity index (χ3n) is 5.27. The summed E-state index contributed by atoms with van der Waals surface area (Å²) in [6.07, 6.45) is 2.97. The molecule has 0 bridgehead atoms. The molecule has 152 valence electrons. The van der Waals surface area contributed by atoms with Gasteiger partial charge in [0.15, 0.2) is 0 Å². The summed E-state index contributed by atoms with van der Waals surface area (Å²) in [6.45, 7) is 2.52. The van der Waals surface area contributed by atoms with Crippen molar-refractivity contribution in [2.75, 3.05) is 26.8 Å². The van der Waals surface area contributed by atoms with Crippen LogP contribution in [-0.4, -0.2) is 61.2 Å². The van der Waals surface area contributed by atoms with Gasteiger partial charge < -0.3 is 20.1 Å². The van der Waals surface area contributed by atoms with Gasteiger partial charge in [0.25, 0.3) is 5.91 Å². The number of aryl methyl sites for hydroxylation is 1. The van der Waals surface area contributed by atoms with E-state index in [-0.39, 0.29) is 24.5 Å². The molecule has 4 amide bonds. The first-order chi connectivity index (χ1) is 13.4. The van der Waals surface area contributed by atoms with Crippen molar-refractivity contribution in [2.45, 2.75) is 44.2 Å². The van der Waals surface area contributed by atoms with Gasteiger partial charge in [0.1, 0.15) is 17.8 Å². The van der Waals surface area contributed by atoms with E-state index < -0.39 is 11.6 Å². The predicted molar refractivity (Wildman–Crippen MR) is 102 cm³/mol. The maximum atomic E-state index is 12.8. The molecule has 2 aliphatic rings. The van der Waals surface area contributed by atoms with Crippen LogP contribution in [0.2, 0.25) is 0 Å². The van der Waals surface area contributed by atoms with Crippen molar-refractivity contribution in [1.29, 1.82) is 0 Å². The summed E-state index contributed by atoms with van der Waals surface area (Å²) < 4.78 is 10.6. The lowest BCUT2D eigenvalue weighted by molar-refractivity contribution is -0.134. The molecular formula is C20H27N3O5. The zero-order chi connectivity index (χ0) is 20.1. The quantitative estimate of drug-likeness (QED) is 0.652. The number of urea groups is 1. The predicted octanol–water partition coefficient (Wildman–Crippen LogP) is 1.23. The first-order valence-electron chi connectivity index (χ1n) is 9.56. The number of imide groups is 1. The van der Waals surface area contributed by atoms with Crippen LogP contribution in [0.3, 0.4) is 0 Å². The number of amides is 4. The molecule has 2 saturated heterocycles. The molecule has 0 aliphatic carbocycles. The highest BCUT2D eigenvalue weighted by Gasteiger charge is 2.47. The number of carbonyl (C=O) groups excluding carboxylic acids is 3. The number of nitrogens with one attached hydrogen (secondary N) is 2. The molecule has 3 rings (SSSR count). The first kappa shape index (κ1) is 20.1. The molecule has 2 atom stereocenters. The van der Waals surface area contributed by atoms with Gasteiger partial charge in [0.2, 0.25) is 5.91 Å². The van der Waals surface area contributed by atoms with Crippen LogP contribution < -0.4 is 15.4 Å². The lowest BCUT2D eigenvalue weighted by Gasteiger charge is -2.21. The van der Waals surface area contributed by atoms with Crippen molar-refractivity contribution in [3.8, 4) is 5.75 Å². The lowest BCUT2D eigenvalue weighted by atomic mass is 9.93. The minimum atomic E-state index is -1.02. The largest absolute Gasteiger partial charge is 0.497 e. The van der Waals surface area contributed by atoms with Crippen LogP contribution >= 0.6 is 0 Å². The summed E-state index contributed by atoms with van der Waals surface area (Å²) >= 11 is 0. The van der Waals surface area contributed by atoms with E-state index in [1.807, 2.05) is 24.3 Å². The van der Waals surface area contributed by atoms with Crippen LogP contribution in [0.4, 0.5) is 4.79 Å². The Bertz CT molecular complexity index is 730. The fourth-order valence-corrected chi connectivity index (χ4v) is 3.48. The monoisotopic (exact) mass is 389 g/mol. The van der Waals surface area contributed by atoms with E-state index >= 15 is 0 Å². The third kappa shape index (κ3) is 4.62. The molecule has 2 fully saturated rings. The van der Waals surface area contributed by atoms with Crippen molar-refractivity contribution < 1.29 is 23.9 Å². The molecule has 8 nitrogen and oxygen atoms in total. The topological polar surface area (TPSA) is 97.0 Å². The highest BCUT2D eigenvalue weighted by atomic mass is 16.5. The summed E-state index contributed by atoms with van der Waals surface area (Å²) in [5.74, 6) is 0.0251. The van der Waals surface area contributed by atoms with Crippen molar-refractivity contribution in [1.82, 2.24) is 15.5 Å². The fraction of sp³-hybridized carbons (Fsp3) is 0.550. The third-order valence-corrected chi connectivity index (χ3v) is 5.27. The Morgan fingerprint density at radius 1 is 1.36 bits per heavy atom. The molecule has 2 heterocycles. The number of rotatable bonds is 8. The van der Waals surface area contributed by atoms with E-state index in [1.165, 1.54) is 0 Å². The zero-order valence-electron chi connectivity index (χ0n) is 16.3. The summed E-state index contributed by atoms with van der Waals surface area (Å²) in [6, 6.07) is 7.04. The van der Waals surface area contributed by atoms with Gasteiger partial charge in [-0.25, -0.2) is 4.79 Å². The van der Waals surface area contributed by atoms with Crippen LogP contribution in [-0.2, 0) is 20.7 Å². The number of hydrogen-bond acceptors (Lipinski definition) is 5. The highest BCUT2D eigenvalue weighted by Crippen LogP contribution is 2.24. The second-order valence-corrected chi connectivity index (χ2v) is 7.44. The smallest absolute Gasteiger partial charge is 0.325 e. The second kappa shape index (κ2) is 8.60. The normalized spacial score (nSPS) is 24.4. The van der Waals surface area contributed by atoms with Crippen molar-refractivity contribution in [3.05, 3.63) is 29.8 Å². The zero-order valence-corrected chi connectivity index (χ0v) is 16.3.